The fraction of sp³-hybridized carbons (Fsp3) is 1.00. The Balaban J connectivity index is 1.78. The maximum absolute atomic E-state index is 2.53. The van der Waals surface area contributed by atoms with Crippen LogP contribution in [-0.2, 0) is 0 Å². The van der Waals surface area contributed by atoms with Crippen molar-refractivity contribution in [1.82, 2.24) is 0 Å². The van der Waals surface area contributed by atoms with Gasteiger partial charge >= 0.3 is 0 Å². The third-order valence-electron chi connectivity index (χ3n) is 6.86. The highest BCUT2D eigenvalue weighted by atomic mass is 14.5. The zero-order valence-corrected chi connectivity index (χ0v) is 11.4. The summed E-state index contributed by atoms with van der Waals surface area (Å²) in [4.78, 5) is 0. The molecule has 3 aliphatic rings. The van der Waals surface area contributed by atoms with E-state index >= 15 is 0 Å². The molecule has 8 unspecified atom stereocenters. The first-order chi connectivity index (χ1) is 7.58. The first-order valence-corrected chi connectivity index (χ1v) is 7.58. The fourth-order valence-electron chi connectivity index (χ4n) is 5.50. The molecule has 0 aromatic heterocycles. The standard InChI is InChI=1S/C16H28/c1-9-5-13-7-14-6-10(2)12(4)16(14)8-15(13)11(9)3/h9-16H,5-8H2,1-4H3. The average molecular weight is 220 g/mol. The van der Waals surface area contributed by atoms with E-state index in [-0.39, 0.29) is 0 Å². The summed E-state index contributed by atoms with van der Waals surface area (Å²) in [5.74, 6) is 8.40. The molecule has 3 rings (SSSR count). The Bertz CT molecular complexity index is 243. The molecule has 0 aliphatic heterocycles. The maximum atomic E-state index is 2.53. The molecule has 0 saturated heterocycles. The van der Waals surface area contributed by atoms with Gasteiger partial charge in [-0.15, -0.1) is 0 Å². The number of rotatable bonds is 0. The van der Waals surface area contributed by atoms with Crippen LogP contribution in [0.25, 0.3) is 0 Å². The Morgan fingerprint density at radius 1 is 0.562 bits per heavy atom. The van der Waals surface area contributed by atoms with Crippen molar-refractivity contribution < 1.29 is 0 Å². The van der Waals surface area contributed by atoms with Crippen molar-refractivity contribution in [2.24, 2.45) is 47.3 Å². The van der Waals surface area contributed by atoms with Crippen molar-refractivity contribution in [2.45, 2.75) is 53.4 Å². The Kier molecular flexibility index (Phi) is 2.60. The zero-order chi connectivity index (χ0) is 11.4. The highest BCUT2D eigenvalue weighted by molar-refractivity contribution is 4.99. The molecule has 0 heterocycles. The Morgan fingerprint density at radius 2 is 1.00 bits per heavy atom. The summed E-state index contributed by atoms with van der Waals surface area (Å²) in [6.45, 7) is 10.0. The van der Waals surface area contributed by atoms with Gasteiger partial charge in [0.1, 0.15) is 0 Å². The van der Waals surface area contributed by atoms with E-state index < -0.39 is 0 Å². The lowest BCUT2D eigenvalue weighted by molar-refractivity contribution is 0.113. The van der Waals surface area contributed by atoms with E-state index in [2.05, 4.69) is 27.7 Å². The predicted molar refractivity (Wildman–Crippen MR) is 69.1 cm³/mol. The van der Waals surface area contributed by atoms with Crippen LogP contribution in [0.15, 0.2) is 0 Å². The molecule has 3 fully saturated rings. The van der Waals surface area contributed by atoms with Gasteiger partial charge in [-0.25, -0.2) is 0 Å². The van der Waals surface area contributed by atoms with Gasteiger partial charge in [-0.3, -0.25) is 0 Å². The van der Waals surface area contributed by atoms with Gasteiger partial charge in [-0.05, 0) is 73.0 Å². The normalized spacial score (nSPS) is 60.8. The number of hydrogen-bond donors (Lipinski definition) is 0. The molecule has 92 valence electrons. The summed E-state index contributed by atoms with van der Waals surface area (Å²) in [7, 11) is 0. The zero-order valence-electron chi connectivity index (χ0n) is 11.4. The average Bonchev–Trinajstić information content (AvgIpc) is 2.66. The van der Waals surface area contributed by atoms with Gasteiger partial charge in [0.2, 0.25) is 0 Å². The third kappa shape index (κ3) is 1.48. The largest absolute Gasteiger partial charge is 0.0622 e. The summed E-state index contributed by atoms with van der Waals surface area (Å²) in [6.07, 6.45) is 6.24. The van der Waals surface area contributed by atoms with Crippen LogP contribution in [0.5, 0.6) is 0 Å². The van der Waals surface area contributed by atoms with Crippen molar-refractivity contribution in [3.05, 3.63) is 0 Å². The molecule has 16 heavy (non-hydrogen) atoms. The molecule has 8 atom stereocenters. The van der Waals surface area contributed by atoms with Crippen LogP contribution in [-0.4, -0.2) is 0 Å². The van der Waals surface area contributed by atoms with Gasteiger partial charge in [-0.2, -0.15) is 0 Å². The van der Waals surface area contributed by atoms with Crippen molar-refractivity contribution in [3.8, 4) is 0 Å². The predicted octanol–water partition coefficient (Wildman–Crippen LogP) is 4.60. The fourth-order valence-corrected chi connectivity index (χ4v) is 5.50. The first-order valence-electron chi connectivity index (χ1n) is 7.58. The maximum Gasteiger partial charge on any atom is -0.0354 e. The lowest BCUT2D eigenvalue weighted by atomic mass is 9.67. The Labute approximate surface area is 101 Å². The van der Waals surface area contributed by atoms with E-state index in [1.807, 2.05) is 0 Å². The molecule has 0 aromatic rings. The van der Waals surface area contributed by atoms with E-state index in [9.17, 15) is 0 Å². The summed E-state index contributed by atoms with van der Waals surface area (Å²) in [6, 6.07) is 0. The highest BCUT2D eigenvalue weighted by Crippen LogP contribution is 2.58. The Hall–Kier alpha value is 0. The van der Waals surface area contributed by atoms with Gasteiger partial charge in [0, 0.05) is 0 Å². The van der Waals surface area contributed by atoms with E-state index in [0.717, 1.165) is 47.3 Å². The molecule has 0 heteroatoms. The molecule has 3 saturated carbocycles. The minimum Gasteiger partial charge on any atom is -0.0622 e. The lowest BCUT2D eigenvalue weighted by Gasteiger charge is -2.38. The monoisotopic (exact) mass is 220 g/mol. The van der Waals surface area contributed by atoms with Gasteiger partial charge in [-0.1, -0.05) is 27.7 Å². The molecule has 0 aromatic carbocycles. The molecule has 0 nitrogen and oxygen atoms in total. The second-order valence-electron chi connectivity index (χ2n) is 7.46. The molecule has 0 radical (unpaired) electrons. The van der Waals surface area contributed by atoms with Gasteiger partial charge in [0.25, 0.3) is 0 Å². The summed E-state index contributed by atoms with van der Waals surface area (Å²) >= 11 is 0. The van der Waals surface area contributed by atoms with Crippen molar-refractivity contribution in [2.75, 3.05) is 0 Å². The minimum atomic E-state index is 1.00. The smallest absolute Gasteiger partial charge is 0.0354 e. The van der Waals surface area contributed by atoms with E-state index in [1.165, 1.54) is 12.8 Å². The third-order valence-corrected chi connectivity index (χ3v) is 6.86. The van der Waals surface area contributed by atoms with E-state index in [1.54, 1.807) is 12.8 Å². The second-order valence-corrected chi connectivity index (χ2v) is 7.46. The van der Waals surface area contributed by atoms with Gasteiger partial charge in [0.05, 0.1) is 0 Å². The van der Waals surface area contributed by atoms with Crippen LogP contribution in [0.1, 0.15) is 53.4 Å². The van der Waals surface area contributed by atoms with Crippen LogP contribution in [0.3, 0.4) is 0 Å². The number of fused-ring (bicyclic) bond motifs is 2. The SMILES string of the molecule is CC1CC2CC3CC(C)C(C)C3CC2C1C. The summed E-state index contributed by atoms with van der Waals surface area (Å²) in [5, 5.41) is 0. The Morgan fingerprint density at radius 3 is 1.44 bits per heavy atom. The molecular weight excluding hydrogens is 192 g/mol. The van der Waals surface area contributed by atoms with Crippen molar-refractivity contribution in [3.63, 3.8) is 0 Å². The van der Waals surface area contributed by atoms with Crippen molar-refractivity contribution >= 4 is 0 Å². The second kappa shape index (κ2) is 3.75. The first kappa shape index (κ1) is 11.1. The lowest BCUT2D eigenvalue weighted by Crippen LogP contribution is -2.30. The molecule has 0 spiro atoms. The van der Waals surface area contributed by atoms with Crippen LogP contribution in [0, 0.1) is 47.3 Å². The van der Waals surface area contributed by atoms with Crippen LogP contribution in [0.4, 0.5) is 0 Å². The van der Waals surface area contributed by atoms with E-state index in [4.69, 9.17) is 0 Å². The molecule has 0 amide bonds. The topological polar surface area (TPSA) is 0 Å². The van der Waals surface area contributed by atoms with Crippen LogP contribution < -0.4 is 0 Å². The van der Waals surface area contributed by atoms with Crippen molar-refractivity contribution in [1.29, 1.82) is 0 Å². The highest BCUT2D eigenvalue weighted by Gasteiger charge is 2.49. The van der Waals surface area contributed by atoms with E-state index in [0.29, 0.717) is 0 Å². The molecule has 0 bridgehead atoms. The molecule has 3 aliphatic carbocycles. The minimum absolute atomic E-state index is 1.00. The van der Waals surface area contributed by atoms with Gasteiger partial charge < -0.3 is 0 Å². The van der Waals surface area contributed by atoms with Gasteiger partial charge in [0.15, 0.2) is 0 Å². The molecule has 0 N–H and O–H groups in total. The quantitative estimate of drug-likeness (QED) is 0.560. The van der Waals surface area contributed by atoms with Crippen LogP contribution in [0.2, 0.25) is 0 Å². The summed E-state index contributed by atoms with van der Waals surface area (Å²) in [5.41, 5.74) is 0. The number of hydrogen-bond acceptors (Lipinski definition) is 0. The summed E-state index contributed by atoms with van der Waals surface area (Å²) < 4.78 is 0. The van der Waals surface area contributed by atoms with Crippen LogP contribution >= 0.6 is 0 Å². The molecular formula is C16H28.